The molecule has 1 atom stereocenters. The fraction of sp³-hybridized carbons (Fsp3) is 0.533. The minimum atomic E-state index is -0.427. The molecular weight excluding hydrogens is 226 g/mol. The van der Waals surface area contributed by atoms with E-state index < -0.39 is 6.10 Å². The van der Waals surface area contributed by atoms with Gasteiger partial charge in [-0.25, -0.2) is 0 Å². The lowest BCUT2D eigenvalue weighted by Gasteiger charge is -2.24. The van der Waals surface area contributed by atoms with Crippen LogP contribution in [0, 0.1) is 0 Å². The maximum atomic E-state index is 12.2. The number of ether oxygens (including phenoxy) is 1. The first-order valence-corrected chi connectivity index (χ1v) is 6.69. The van der Waals surface area contributed by atoms with Crippen LogP contribution in [0.5, 0.6) is 5.75 Å². The van der Waals surface area contributed by atoms with E-state index >= 15 is 0 Å². The van der Waals surface area contributed by atoms with Crippen LogP contribution >= 0.6 is 0 Å². The SMILES string of the molecule is CCCCN(CC)C(=O)C(C)Oc1ccccc1. The Labute approximate surface area is 110 Å². The number of amides is 1. The lowest BCUT2D eigenvalue weighted by Crippen LogP contribution is -2.40. The van der Waals surface area contributed by atoms with Crippen LogP contribution in [0.3, 0.4) is 0 Å². The first-order chi connectivity index (χ1) is 8.69. The molecule has 0 heterocycles. The standard InChI is InChI=1S/C15H23NO2/c1-4-6-12-16(5-2)15(17)13(3)18-14-10-8-7-9-11-14/h7-11,13H,4-6,12H2,1-3H3. The summed E-state index contributed by atoms with van der Waals surface area (Å²) in [4.78, 5) is 14.0. The van der Waals surface area contributed by atoms with Gasteiger partial charge in [-0.3, -0.25) is 4.79 Å². The number of carbonyl (C=O) groups excluding carboxylic acids is 1. The fourth-order valence-corrected chi connectivity index (χ4v) is 1.78. The van der Waals surface area contributed by atoms with Crippen molar-refractivity contribution in [3.05, 3.63) is 30.3 Å². The van der Waals surface area contributed by atoms with E-state index in [9.17, 15) is 4.79 Å². The van der Waals surface area contributed by atoms with Gasteiger partial charge in [0.15, 0.2) is 6.10 Å². The van der Waals surface area contributed by atoms with Crippen molar-refractivity contribution in [1.29, 1.82) is 0 Å². The van der Waals surface area contributed by atoms with Crippen LogP contribution in [-0.2, 0) is 4.79 Å². The van der Waals surface area contributed by atoms with Gasteiger partial charge in [-0.05, 0) is 32.4 Å². The number of benzene rings is 1. The Bertz CT molecular complexity index is 351. The lowest BCUT2D eigenvalue weighted by atomic mass is 10.2. The molecule has 1 aromatic rings. The van der Waals surface area contributed by atoms with E-state index in [4.69, 9.17) is 4.74 Å². The number of para-hydroxylation sites is 1. The molecule has 1 amide bonds. The van der Waals surface area contributed by atoms with Gasteiger partial charge in [0.2, 0.25) is 0 Å². The maximum absolute atomic E-state index is 12.2. The second-order valence-electron chi connectivity index (χ2n) is 4.34. The molecule has 0 saturated heterocycles. The number of rotatable bonds is 7. The molecule has 0 N–H and O–H groups in total. The molecule has 0 radical (unpaired) electrons. The zero-order valence-electron chi connectivity index (χ0n) is 11.6. The van der Waals surface area contributed by atoms with Crippen LogP contribution in [0.1, 0.15) is 33.6 Å². The number of nitrogens with zero attached hydrogens (tertiary/aromatic N) is 1. The van der Waals surface area contributed by atoms with Crippen LogP contribution < -0.4 is 4.74 Å². The Hall–Kier alpha value is -1.51. The first kappa shape index (κ1) is 14.6. The van der Waals surface area contributed by atoms with E-state index in [0.29, 0.717) is 0 Å². The number of likely N-dealkylation sites (N-methyl/N-ethyl adjacent to an activating group) is 1. The Morgan fingerprint density at radius 2 is 1.94 bits per heavy atom. The molecule has 100 valence electrons. The Kier molecular flexibility index (Phi) is 6.26. The van der Waals surface area contributed by atoms with Gasteiger partial charge in [-0.2, -0.15) is 0 Å². The second-order valence-corrected chi connectivity index (χ2v) is 4.34. The van der Waals surface area contributed by atoms with Crippen LogP contribution in [-0.4, -0.2) is 30.0 Å². The van der Waals surface area contributed by atoms with Crippen molar-refractivity contribution in [1.82, 2.24) is 4.90 Å². The molecular formula is C15H23NO2. The largest absolute Gasteiger partial charge is 0.481 e. The Morgan fingerprint density at radius 1 is 1.28 bits per heavy atom. The minimum Gasteiger partial charge on any atom is -0.481 e. The van der Waals surface area contributed by atoms with Crippen molar-refractivity contribution in [3.63, 3.8) is 0 Å². The molecule has 0 aliphatic rings. The molecule has 0 saturated carbocycles. The fourth-order valence-electron chi connectivity index (χ4n) is 1.78. The van der Waals surface area contributed by atoms with Gasteiger partial charge in [0, 0.05) is 13.1 Å². The molecule has 0 spiro atoms. The van der Waals surface area contributed by atoms with Crippen molar-refractivity contribution >= 4 is 5.91 Å². The molecule has 1 unspecified atom stereocenters. The van der Waals surface area contributed by atoms with E-state index in [-0.39, 0.29) is 5.91 Å². The molecule has 0 aliphatic heterocycles. The molecule has 0 bridgehead atoms. The van der Waals surface area contributed by atoms with E-state index in [0.717, 1.165) is 31.7 Å². The highest BCUT2D eigenvalue weighted by Gasteiger charge is 2.20. The van der Waals surface area contributed by atoms with Crippen molar-refractivity contribution in [2.45, 2.75) is 39.7 Å². The van der Waals surface area contributed by atoms with Gasteiger partial charge < -0.3 is 9.64 Å². The summed E-state index contributed by atoms with van der Waals surface area (Å²) in [5.41, 5.74) is 0. The molecule has 1 aromatic carbocycles. The van der Waals surface area contributed by atoms with Crippen molar-refractivity contribution in [2.24, 2.45) is 0 Å². The van der Waals surface area contributed by atoms with Crippen molar-refractivity contribution in [3.8, 4) is 5.75 Å². The van der Waals surface area contributed by atoms with Gasteiger partial charge in [0.05, 0.1) is 0 Å². The van der Waals surface area contributed by atoms with E-state index in [1.165, 1.54) is 0 Å². The highest BCUT2D eigenvalue weighted by Crippen LogP contribution is 2.12. The predicted molar refractivity (Wildman–Crippen MR) is 73.7 cm³/mol. The quantitative estimate of drug-likeness (QED) is 0.743. The van der Waals surface area contributed by atoms with Gasteiger partial charge >= 0.3 is 0 Å². The number of hydrogen-bond donors (Lipinski definition) is 0. The zero-order valence-corrected chi connectivity index (χ0v) is 11.6. The van der Waals surface area contributed by atoms with Crippen LogP contribution in [0.4, 0.5) is 0 Å². The molecule has 3 nitrogen and oxygen atoms in total. The van der Waals surface area contributed by atoms with Gasteiger partial charge in [-0.1, -0.05) is 31.5 Å². The summed E-state index contributed by atoms with van der Waals surface area (Å²) in [6.45, 7) is 7.49. The van der Waals surface area contributed by atoms with Crippen LogP contribution in [0.2, 0.25) is 0 Å². The minimum absolute atomic E-state index is 0.0646. The summed E-state index contributed by atoms with van der Waals surface area (Å²) in [6.07, 6.45) is 1.71. The van der Waals surface area contributed by atoms with Crippen LogP contribution in [0.25, 0.3) is 0 Å². The first-order valence-electron chi connectivity index (χ1n) is 6.69. The number of unbranched alkanes of at least 4 members (excludes halogenated alkanes) is 1. The summed E-state index contributed by atoms with van der Waals surface area (Å²) in [7, 11) is 0. The molecule has 0 aliphatic carbocycles. The van der Waals surface area contributed by atoms with Gasteiger partial charge in [0.1, 0.15) is 5.75 Å². The number of hydrogen-bond acceptors (Lipinski definition) is 2. The molecule has 0 aromatic heterocycles. The zero-order chi connectivity index (χ0) is 13.4. The monoisotopic (exact) mass is 249 g/mol. The summed E-state index contributed by atoms with van der Waals surface area (Å²) in [5.74, 6) is 0.805. The summed E-state index contributed by atoms with van der Waals surface area (Å²) in [6, 6.07) is 9.47. The average molecular weight is 249 g/mol. The third-order valence-corrected chi connectivity index (χ3v) is 2.88. The molecule has 0 fully saturated rings. The summed E-state index contributed by atoms with van der Waals surface area (Å²) in [5, 5.41) is 0. The lowest BCUT2D eigenvalue weighted by molar-refractivity contribution is -0.137. The third-order valence-electron chi connectivity index (χ3n) is 2.88. The summed E-state index contributed by atoms with van der Waals surface area (Å²) < 4.78 is 5.65. The van der Waals surface area contributed by atoms with E-state index in [2.05, 4.69) is 6.92 Å². The van der Waals surface area contributed by atoms with Gasteiger partial charge in [-0.15, -0.1) is 0 Å². The Morgan fingerprint density at radius 3 is 2.50 bits per heavy atom. The Balaban J connectivity index is 2.54. The second kappa shape index (κ2) is 7.75. The van der Waals surface area contributed by atoms with Crippen molar-refractivity contribution < 1.29 is 9.53 Å². The van der Waals surface area contributed by atoms with Crippen LogP contribution in [0.15, 0.2) is 30.3 Å². The van der Waals surface area contributed by atoms with E-state index in [1.807, 2.05) is 49.1 Å². The predicted octanol–water partition coefficient (Wildman–Crippen LogP) is 3.10. The smallest absolute Gasteiger partial charge is 0.263 e. The van der Waals surface area contributed by atoms with Crippen molar-refractivity contribution in [2.75, 3.05) is 13.1 Å². The molecule has 1 rings (SSSR count). The normalized spacial score (nSPS) is 11.9. The average Bonchev–Trinajstić information content (AvgIpc) is 2.40. The van der Waals surface area contributed by atoms with Gasteiger partial charge in [0.25, 0.3) is 5.91 Å². The highest BCUT2D eigenvalue weighted by molar-refractivity contribution is 5.80. The summed E-state index contributed by atoms with van der Waals surface area (Å²) >= 11 is 0. The van der Waals surface area contributed by atoms with E-state index in [1.54, 1.807) is 0 Å². The highest BCUT2D eigenvalue weighted by atomic mass is 16.5. The maximum Gasteiger partial charge on any atom is 0.263 e. The number of carbonyl (C=O) groups is 1. The molecule has 18 heavy (non-hydrogen) atoms. The third kappa shape index (κ3) is 4.40. The topological polar surface area (TPSA) is 29.5 Å². The molecule has 3 heteroatoms.